The van der Waals surface area contributed by atoms with Crippen LogP contribution < -0.4 is 0 Å². The summed E-state index contributed by atoms with van der Waals surface area (Å²) in [7, 11) is 0. The molecule has 1 rings (SSSR count). The molecule has 0 unspecified atom stereocenters. The third kappa shape index (κ3) is 3.72. The number of aliphatic hydroxyl groups is 1. The summed E-state index contributed by atoms with van der Waals surface area (Å²) < 4.78 is 0. The molecule has 0 saturated carbocycles. The van der Waals surface area contributed by atoms with Crippen molar-refractivity contribution in [2.75, 3.05) is 0 Å². The lowest BCUT2D eigenvalue weighted by Gasteiger charge is -2.18. The van der Waals surface area contributed by atoms with Gasteiger partial charge in [-0.3, -0.25) is 0 Å². The Morgan fingerprint density at radius 1 is 1.27 bits per heavy atom. The molecule has 0 aromatic heterocycles. The highest BCUT2D eigenvalue weighted by molar-refractivity contribution is 5.91. The van der Waals surface area contributed by atoms with E-state index in [0.29, 0.717) is 12.1 Å². The Kier molecular flexibility index (Phi) is 3.86. The first-order valence-electron chi connectivity index (χ1n) is 5.02. The zero-order chi connectivity index (χ0) is 11.3. The van der Waals surface area contributed by atoms with Crippen LogP contribution >= 0.6 is 0 Å². The Balaban J connectivity index is 2.57. The van der Waals surface area contributed by atoms with Gasteiger partial charge in [-0.25, -0.2) is 0 Å². The van der Waals surface area contributed by atoms with E-state index in [4.69, 9.17) is 5.21 Å². The smallest absolute Gasteiger partial charge is 0.100 e. The normalized spacial score (nSPS) is 12.9. The molecule has 0 atom stereocenters. The van der Waals surface area contributed by atoms with Crippen LogP contribution in [0.2, 0.25) is 0 Å². The first-order chi connectivity index (χ1) is 7.04. The summed E-state index contributed by atoms with van der Waals surface area (Å²) in [6.07, 6.45) is 1.33. The predicted molar refractivity (Wildman–Crippen MR) is 60.3 cm³/mol. The van der Waals surface area contributed by atoms with E-state index in [1.165, 1.54) is 5.56 Å². The molecule has 0 radical (unpaired) electrons. The van der Waals surface area contributed by atoms with Crippen molar-refractivity contribution in [3.63, 3.8) is 0 Å². The summed E-state index contributed by atoms with van der Waals surface area (Å²) in [6, 6.07) is 9.92. The molecule has 0 aliphatic heterocycles. The summed E-state index contributed by atoms with van der Waals surface area (Å²) >= 11 is 0. The number of benzene rings is 1. The fraction of sp³-hybridized carbons (Fsp3) is 0.417. The first kappa shape index (κ1) is 11.7. The first-order valence-corrected chi connectivity index (χ1v) is 5.02. The number of rotatable bonds is 4. The van der Waals surface area contributed by atoms with Gasteiger partial charge < -0.3 is 10.3 Å². The van der Waals surface area contributed by atoms with Gasteiger partial charge in [-0.05, 0) is 32.3 Å². The molecule has 2 N–H and O–H groups in total. The minimum atomic E-state index is -1.05. The SMILES string of the molecule is CC(C)(O)C(CCc1ccccc1)=NO. The summed E-state index contributed by atoms with van der Waals surface area (Å²) in [5.41, 5.74) is 0.526. The molecule has 15 heavy (non-hydrogen) atoms. The van der Waals surface area contributed by atoms with Crippen LogP contribution in [0.5, 0.6) is 0 Å². The van der Waals surface area contributed by atoms with Crippen LogP contribution in [0.4, 0.5) is 0 Å². The molecule has 0 aliphatic carbocycles. The molecule has 0 heterocycles. The van der Waals surface area contributed by atoms with E-state index in [9.17, 15) is 5.11 Å². The highest BCUT2D eigenvalue weighted by atomic mass is 16.4. The van der Waals surface area contributed by atoms with Crippen molar-refractivity contribution in [2.24, 2.45) is 5.16 Å². The van der Waals surface area contributed by atoms with E-state index in [1.54, 1.807) is 13.8 Å². The Labute approximate surface area is 90.1 Å². The van der Waals surface area contributed by atoms with Crippen LogP contribution in [-0.4, -0.2) is 21.6 Å². The zero-order valence-electron chi connectivity index (χ0n) is 9.14. The van der Waals surface area contributed by atoms with Crippen molar-refractivity contribution in [1.29, 1.82) is 0 Å². The van der Waals surface area contributed by atoms with Gasteiger partial charge in [0.25, 0.3) is 0 Å². The van der Waals surface area contributed by atoms with Crippen LogP contribution in [-0.2, 0) is 6.42 Å². The van der Waals surface area contributed by atoms with Crippen molar-refractivity contribution < 1.29 is 10.3 Å². The molecule has 0 bridgehead atoms. The fourth-order valence-electron chi connectivity index (χ4n) is 1.39. The second-order valence-corrected chi connectivity index (χ2v) is 4.09. The number of aryl methyl sites for hydroxylation is 1. The van der Waals surface area contributed by atoms with Gasteiger partial charge in [-0.1, -0.05) is 35.5 Å². The quantitative estimate of drug-likeness (QED) is 0.452. The predicted octanol–water partition coefficient (Wildman–Crippen LogP) is 2.22. The maximum atomic E-state index is 9.66. The molecule has 0 spiro atoms. The second kappa shape index (κ2) is 4.94. The minimum Gasteiger partial charge on any atom is -0.411 e. The molecule has 0 saturated heterocycles. The lowest BCUT2D eigenvalue weighted by atomic mass is 9.96. The monoisotopic (exact) mass is 207 g/mol. The van der Waals surface area contributed by atoms with Crippen LogP contribution in [0.25, 0.3) is 0 Å². The van der Waals surface area contributed by atoms with E-state index < -0.39 is 5.60 Å². The minimum absolute atomic E-state index is 0.409. The van der Waals surface area contributed by atoms with Gasteiger partial charge in [0.15, 0.2) is 0 Å². The lowest BCUT2D eigenvalue weighted by Crippen LogP contribution is -2.31. The van der Waals surface area contributed by atoms with Gasteiger partial charge in [-0.2, -0.15) is 0 Å². The zero-order valence-corrected chi connectivity index (χ0v) is 9.14. The molecular formula is C12H17NO2. The summed E-state index contributed by atoms with van der Waals surface area (Å²) in [6.45, 7) is 3.24. The largest absolute Gasteiger partial charge is 0.411 e. The third-order valence-corrected chi connectivity index (χ3v) is 2.32. The second-order valence-electron chi connectivity index (χ2n) is 4.09. The molecule has 82 valence electrons. The highest BCUT2D eigenvalue weighted by Crippen LogP contribution is 2.11. The van der Waals surface area contributed by atoms with Crippen LogP contribution in [0, 0.1) is 0 Å². The maximum absolute atomic E-state index is 9.66. The lowest BCUT2D eigenvalue weighted by molar-refractivity contribution is 0.145. The Bertz CT molecular complexity index is 325. The van der Waals surface area contributed by atoms with E-state index >= 15 is 0 Å². The van der Waals surface area contributed by atoms with E-state index in [-0.39, 0.29) is 0 Å². The molecule has 1 aromatic carbocycles. The summed E-state index contributed by atoms with van der Waals surface area (Å²) in [4.78, 5) is 0. The highest BCUT2D eigenvalue weighted by Gasteiger charge is 2.21. The van der Waals surface area contributed by atoms with Crippen molar-refractivity contribution in [1.82, 2.24) is 0 Å². The fourth-order valence-corrected chi connectivity index (χ4v) is 1.39. The molecule has 0 amide bonds. The van der Waals surface area contributed by atoms with Crippen LogP contribution in [0.1, 0.15) is 25.8 Å². The van der Waals surface area contributed by atoms with Gasteiger partial charge in [0.05, 0.1) is 5.71 Å². The molecule has 3 nitrogen and oxygen atoms in total. The van der Waals surface area contributed by atoms with Gasteiger partial charge in [0.1, 0.15) is 5.60 Å². The molecular weight excluding hydrogens is 190 g/mol. The summed E-state index contributed by atoms with van der Waals surface area (Å²) in [5, 5.41) is 21.6. The topological polar surface area (TPSA) is 52.8 Å². The van der Waals surface area contributed by atoms with Crippen molar-refractivity contribution >= 4 is 5.71 Å². The number of nitrogens with zero attached hydrogens (tertiary/aromatic N) is 1. The van der Waals surface area contributed by atoms with Crippen LogP contribution in [0.15, 0.2) is 35.5 Å². The van der Waals surface area contributed by atoms with E-state index in [1.807, 2.05) is 30.3 Å². The third-order valence-electron chi connectivity index (χ3n) is 2.32. The standard InChI is InChI=1S/C12H17NO2/c1-12(2,14)11(13-15)9-8-10-6-4-3-5-7-10/h3-7,14-15H,8-9H2,1-2H3. The molecule has 3 heteroatoms. The Hall–Kier alpha value is -1.35. The van der Waals surface area contributed by atoms with Gasteiger partial charge in [0, 0.05) is 0 Å². The molecule has 0 fully saturated rings. The van der Waals surface area contributed by atoms with Gasteiger partial charge in [0.2, 0.25) is 0 Å². The average Bonchev–Trinajstić information content (AvgIpc) is 2.18. The molecule has 0 aliphatic rings. The van der Waals surface area contributed by atoms with E-state index in [2.05, 4.69) is 5.16 Å². The Morgan fingerprint density at radius 2 is 1.87 bits per heavy atom. The van der Waals surface area contributed by atoms with Crippen molar-refractivity contribution in [3.8, 4) is 0 Å². The average molecular weight is 207 g/mol. The van der Waals surface area contributed by atoms with Gasteiger partial charge in [-0.15, -0.1) is 0 Å². The van der Waals surface area contributed by atoms with E-state index in [0.717, 1.165) is 6.42 Å². The van der Waals surface area contributed by atoms with Crippen molar-refractivity contribution in [3.05, 3.63) is 35.9 Å². The number of hydrogen-bond donors (Lipinski definition) is 2. The number of oxime groups is 1. The van der Waals surface area contributed by atoms with Crippen molar-refractivity contribution in [2.45, 2.75) is 32.3 Å². The maximum Gasteiger partial charge on any atom is 0.100 e. The Morgan fingerprint density at radius 3 is 2.33 bits per heavy atom. The number of hydrogen-bond acceptors (Lipinski definition) is 3. The molecule has 1 aromatic rings. The summed E-state index contributed by atoms with van der Waals surface area (Å²) in [5.74, 6) is 0. The van der Waals surface area contributed by atoms with Gasteiger partial charge >= 0.3 is 0 Å². The van der Waals surface area contributed by atoms with Crippen LogP contribution in [0.3, 0.4) is 0 Å².